The van der Waals surface area contributed by atoms with E-state index in [1.807, 2.05) is 0 Å². The number of hydrogen-bond acceptors (Lipinski definition) is 4. The van der Waals surface area contributed by atoms with Gasteiger partial charge in [0, 0.05) is 44.8 Å². The van der Waals surface area contributed by atoms with Crippen LogP contribution < -0.4 is 4.90 Å². The molecule has 0 saturated carbocycles. The van der Waals surface area contributed by atoms with E-state index in [-0.39, 0.29) is 42.3 Å². The highest BCUT2D eigenvalue weighted by molar-refractivity contribution is 6.00. The number of rotatable bonds is 3. The van der Waals surface area contributed by atoms with Gasteiger partial charge < -0.3 is 19.1 Å². The highest BCUT2D eigenvalue weighted by Gasteiger charge is 2.38. The Labute approximate surface area is 161 Å². The normalized spacial score (nSPS) is 20.0. The van der Waals surface area contributed by atoms with Crippen molar-refractivity contribution in [2.24, 2.45) is 5.92 Å². The van der Waals surface area contributed by atoms with E-state index in [0.717, 1.165) is 0 Å². The fraction of sp³-hybridized carbons (Fsp3) is 0.350. The molecule has 2 aliphatic rings. The smallest absolute Gasteiger partial charge is 0.289 e. The zero-order valence-corrected chi connectivity index (χ0v) is 15.2. The summed E-state index contributed by atoms with van der Waals surface area (Å²) in [5.74, 6) is -0.916. The number of carbonyl (C=O) groups is 3. The first-order chi connectivity index (χ1) is 13.5. The van der Waals surface area contributed by atoms with E-state index in [2.05, 4.69) is 0 Å². The minimum absolute atomic E-state index is 0.0805. The Balaban J connectivity index is 1.35. The molecule has 2 aromatic rings. The predicted molar refractivity (Wildman–Crippen MR) is 98.1 cm³/mol. The van der Waals surface area contributed by atoms with Crippen molar-refractivity contribution in [1.29, 1.82) is 0 Å². The van der Waals surface area contributed by atoms with Crippen molar-refractivity contribution >= 4 is 23.4 Å². The third-order valence-corrected chi connectivity index (χ3v) is 5.22. The summed E-state index contributed by atoms with van der Waals surface area (Å²) < 4.78 is 18.2. The summed E-state index contributed by atoms with van der Waals surface area (Å²) in [6, 6.07) is 8.96. The molecule has 1 aromatic carbocycles. The molecule has 0 N–H and O–H groups in total. The van der Waals surface area contributed by atoms with E-state index >= 15 is 0 Å². The van der Waals surface area contributed by atoms with Gasteiger partial charge in [0.05, 0.1) is 12.2 Å². The van der Waals surface area contributed by atoms with Crippen LogP contribution in [0.3, 0.4) is 0 Å². The molecule has 7 nitrogen and oxygen atoms in total. The molecule has 1 unspecified atom stereocenters. The van der Waals surface area contributed by atoms with Gasteiger partial charge in [-0.3, -0.25) is 14.4 Å². The molecule has 146 valence electrons. The minimum Gasteiger partial charge on any atom is -0.459 e. The summed E-state index contributed by atoms with van der Waals surface area (Å²) in [5, 5.41) is 0. The highest BCUT2D eigenvalue weighted by atomic mass is 19.1. The number of nitrogens with zero attached hydrogens (tertiary/aromatic N) is 3. The Kier molecular flexibility index (Phi) is 4.85. The quantitative estimate of drug-likeness (QED) is 0.807. The summed E-state index contributed by atoms with van der Waals surface area (Å²) in [5.41, 5.74) is 0.593. The van der Waals surface area contributed by atoms with Gasteiger partial charge in [0.25, 0.3) is 5.91 Å². The topological polar surface area (TPSA) is 74.1 Å². The number of amides is 3. The number of benzene rings is 1. The second-order valence-corrected chi connectivity index (χ2v) is 6.98. The van der Waals surface area contributed by atoms with Crippen molar-refractivity contribution in [3.63, 3.8) is 0 Å². The van der Waals surface area contributed by atoms with Crippen LogP contribution in [0.2, 0.25) is 0 Å². The third-order valence-electron chi connectivity index (χ3n) is 5.22. The first kappa shape index (κ1) is 18.2. The van der Waals surface area contributed by atoms with Crippen molar-refractivity contribution in [1.82, 2.24) is 9.80 Å². The molecule has 1 aromatic heterocycles. The van der Waals surface area contributed by atoms with Crippen molar-refractivity contribution in [2.75, 3.05) is 37.6 Å². The Morgan fingerprint density at radius 1 is 1.00 bits per heavy atom. The van der Waals surface area contributed by atoms with Crippen LogP contribution in [0.1, 0.15) is 17.0 Å². The van der Waals surface area contributed by atoms with E-state index < -0.39 is 5.92 Å². The van der Waals surface area contributed by atoms with Crippen LogP contribution in [-0.4, -0.2) is 60.2 Å². The Bertz CT molecular complexity index is 873. The average molecular weight is 385 g/mol. The lowest BCUT2D eigenvalue weighted by Crippen LogP contribution is -2.52. The number of hydrogen-bond donors (Lipinski definition) is 0. The first-order valence-electron chi connectivity index (χ1n) is 9.20. The summed E-state index contributed by atoms with van der Waals surface area (Å²) in [6.45, 7) is 1.98. The maximum atomic E-state index is 13.1. The summed E-state index contributed by atoms with van der Waals surface area (Å²) >= 11 is 0. The molecule has 4 rings (SSSR count). The Morgan fingerprint density at radius 2 is 1.68 bits per heavy atom. The molecule has 0 bridgehead atoms. The summed E-state index contributed by atoms with van der Waals surface area (Å²) in [6.07, 6.45) is 1.60. The molecule has 2 fully saturated rings. The average Bonchev–Trinajstić information content (AvgIpc) is 3.38. The lowest BCUT2D eigenvalue weighted by molar-refractivity contribution is -0.137. The van der Waals surface area contributed by atoms with E-state index in [4.69, 9.17) is 4.42 Å². The zero-order chi connectivity index (χ0) is 19.7. The minimum atomic E-state index is -0.426. The number of piperazine rings is 1. The van der Waals surface area contributed by atoms with Gasteiger partial charge in [-0.05, 0) is 36.4 Å². The van der Waals surface area contributed by atoms with Gasteiger partial charge in [-0.15, -0.1) is 0 Å². The van der Waals surface area contributed by atoms with Gasteiger partial charge in [-0.2, -0.15) is 0 Å². The van der Waals surface area contributed by atoms with Crippen LogP contribution in [0, 0.1) is 11.7 Å². The number of carbonyl (C=O) groups excluding carboxylic acids is 3. The van der Waals surface area contributed by atoms with Crippen molar-refractivity contribution in [3.05, 3.63) is 54.2 Å². The molecular formula is C20H20FN3O4. The SMILES string of the molecule is O=C(c1ccco1)N1CCN(C(=O)C2CC(=O)N(c3ccc(F)cc3)C2)CC1. The van der Waals surface area contributed by atoms with Gasteiger partial charge >= 0.3 is 0 Å². The van der Waals surface area contributed by atoms with Gasteiger partial charge in [0.15, 0.2) is 5.76 Å². The van der Waals surface area contributed by atoms with E-state index in [9.17, 15) is 18.8 Å². The molecule has 3 amide bonds. The van der Waals surface area contributed by atoms with Gasteiger partial charge in [0.1, 0.15) is 5.82 Å². The molecule has 2 saturated heterocycles. The number of halogens is 1. The maximum absolute atomic E-state index is 13.1. The van der Waals surface area contributed by atoms with Crippen molar-refractivity contribution in [3.8, 4) is 0 Å². The van der Waals surface area contributed by atoms with Gasteiger partial charge in [0.2, 0.25) is 11.8 Å². The van der Waals surface area contributed by atoms with Crippen molar-refractivity contribution in [2.45, 2.75) is 6.42 Å². The van der Waals surface area contributed by atoms with Crippen molar-refractivity contribution < 1.29 is 23.2 Å². The number of anilines is 1. The highest BCUT2D eigenvalue weighted by Crippen LogP contribution is 2.27. The predicted octanol–water partition coefficient (Wildman–Crippen LogP) is 1.76. The molecule has 3 heterocycles. The molecule has 2 aliphatic heterocycles. The zero-order valence-electron chi connectivity index (χ0n) is 15.2. The molecule has 28 heavy (non-hydrogen) atoms. The van der Waals surface area contributed by atoms with Crippen LogP contribution in [0.4, 0.5) is 10.1 Å². The monoisotopic (exact) mass is 385 g/mol. The Morgan fingerprint density at radius 3 is 2.32 bits per heavy atom. The third kappa shape index (κ3) is 3.49. The van der Waals surface area contributed by atoms with Crippen LogP contribution in [0.25, 0.3) is 0 Å². The first-order valence-corrected chi connectivity index (χ1v) is 9.20. The van der Waals surface area contributed by atoms with E-state index in [0.29, 0.717) is 31.9 Å². The second kappa shape index (κ2) is 7.46. The van der Waals surface area contributed by atoms with E-state index in [1.54, 1.807) is 34.1 Å². The van der Waals surface area contributed by atoms with Crippen LogP contribution in [-0.2, 0) is 9.59 Å². The standard InChI is InChI=1S/C20H20FN3O4/c21-15-3-5-16(6-4-15)24-13-14(12-18(24)25)19(26)22-7-9-23(10-8-22)20(27)17-2-1-11-28-17/h1-6,11,14H,7-10,12-13H2. The Hall–Kier alpha value is -3.16. The maximum Gasteiger partial charge on any atom is 0.289 e. The van der Waals surface area contributed by atoms with Gasteiger partial charge in [-0.25, -0.2) is 4.39 Å². The molecule has 0 radical (unpaired) electrons. The summed E-state index contributed by atoms with van der Waals surface area (Å²) in [7, 11) is 0. The van der Waals surface area contributed by atoms with E-state index in [1.165, 1.54) is 23.3 Å². The number of furan rings is 1. The molecule has 0 aliphatic carbocycles. The molecule has 0 spiro atoms. The fourth-order valence-electron chi connectivity index (χ4n) is 3.69. The van der Waals surface area contributed by atoms with Crippen LogP contribution in [0.5, 0.6) is 0 Å². The lowest BCUT2D eigenvalue weighted by atomic mass is 10.1. The largest absolute Gasteiger partial charge is 0.459 e. The second-order valence-electron chi connectivity index (χ2n) is 6.98. The lowest BCUT2D eigenvalue weighted by Gasteiger charge is -2.35. The molecule has 1 atom stereocenters. The van der Waals surface area contributed by atoms with Gasteiger partial charge in [-0.1, -0.05) is 0 Å². The summed E-state index contributed by atoms with van der Waals surface area (Å²) in [4.78, 5) is 42.4. The van der Waals surface area contributed by atoms with Crippen LogP contribution in [0.15, 0.2) is 47.1 Å². The van der Waals surface area contributed by atoms with Crippen LogP contribution >= 0.6 is 0 Å². The molecular weight excluding hydrogens is 365 g/mol. The fourth-order valence-corrected chi connectivity index (χ4v) is 3.69. The molecule has 8 heteroatoms.